The predicted octanol–water partition coefficient (Wildman–Crippen LogP) is 3.02. The van der Waals surface area contributed by atoms with Gasteiger partial charge in [-0.15, -0.1) is 0 Å². The van der Waals surface area contributed by atoms with Gasteiger partial charge in [-0.05, 0) is 18.1 Å². The lowest BCUT2D eigenvalue weighted by Crippen LogP contribution is -2.28. The van der Waals surface area contributed by atoms with Crippen LogP contribution in [0.15, 0.2) is 41.5 Å². The van der Waals surface area contributed by atoms with Crippen LogP contribution in [0.25, 0.3) is 0 Å². The molecule has 1 amide bonds. The molecule has 24 heavy (non-hydrogen) atoms. The summed E-state index contributed by atoms with van der Waals surface area (Å²) < 4.78 is 39.7. The molecule has 0 saturated heterocycles. The summed E-state index contributed by atoms with van der Waals surface area (Å²) >= 11 is 0. The summed E-state index contributed by atoms with van der Waals surface area (Å²) in [6.07, 6.45) is -3.37. The molecule has 1 aromatic carbocycles. The fraction of sp³-hybridized carbons (Fsp3) is 0.312. The molecule has 0 spiro atoms. The van der Waals surface area contributed by atoms with Crippen LogP contribution in [0.5, 0.6) is 0 Å². The van der Waals surface area contributed by atoms with E-state index in [4.69, 9.17) is 0 Å². The van der Waals surface area contributed by atoms with E-state index in [1.165, 1.54) is 24.5 Å². The Morgan fingerprint density at radius 3 is 2.54 bits per heavy atom. The maximum Gasteiger partial charge on any atom is 0.418 e. The fourth-order valence-corrected chi connectivity index (χ4v) is 2.06. The Morgan fingerprint density at radius 2 is 1.96 bits per heavy atom. The summed E-state index contributed by atoms with van der Waals surface area (Å²) in [6, 6.07) is 5.96. The van der Waals surface area contributed by atoms with E-state index < -0.39 is 29.8 Å². The van der Waals surface area contributed by atoms with Crippen LogP contribution in [0, 0.1) is 0 Å². The molecule has 0 aliphatic rings. The summed E-state index contributed by atoms with van der Waals surface area (Å²) in [6.45, 7) is 3.32. The molecule has 0 unspecified atom stereocenters. The van der Waals surface area contributed by atoms with Crippen molar-refractivity contribution in [1.82, 2.24) is 9.55 Å². The van der Waals surface area contributed by atoms with Crippen LogP contribution in [0.1, 0.15) is 31.0 Å². The van der Waals surface area contributed by atoms with E-state index in [2.05, 4.69) is 10.3 Å². The molecule has 0 aliphatic heterocycles. The number of benzene rings is 1. The lowest BCUT2D eigenvalue weighted by atomic mass is 10.1. The van der Waals surface area contributed by atoms with Gasteiger partial charge in [0.05, 0.1) is 23.3 Å². The first-order valence-electron chi connectivity index (χ1n) is 7.21. The maximum absolute atomic E-state index is 12.9. The van der Waals surface area contributed by atoms with Crippen molar-refractivity contribution < 1.29 is 18.0 Å². The molecule has 0 radical (unpaired) electrons. The number of anilines is 1. The molecule has 1 aromatic heterocycles. The lowest BCUT2D eigenvalue weighted by Gasteiger charge is -2.14. The number of carbonyl (C=O) groups excluding carboxylic acids is 1. The summed E-state index contributed by atoms with van der Waals surface area (Å²) in [5, 5.41) is 2.18. The third-order valence-electron chi connectivity index (χ3n) is 3.31. The van der Waals surface area contributed by atoms with Crippen molar-refractivity contribution in [3.8, 4) is 0 Å². The number of halogens is 3. The monoisotopic (exact) mass is 339 g/mol. The van der Waals surface area contributed by atoms with Crippen molar-refractivity contribution in [3.63, 3.8) is 0 Å². The van der Waals surface area contributed by atoms with Crippen molar-refractivity contribution in [2.24, 2.45) is 0 Å². The third-order valence-corrected chi connectivity index (χ3v) is 3.31. The SMILES string of the molecule is CC(C)c1cc(=O)n(CC(=O)Nc2ccccc2C(F)(F)F)cn1. The van der Waals surface area contributed by atoms with Crippen LogP contribution in [0.2, 0.25) is 0 Å². The number of para-hydroxylation sites is 1. The molecule has 1 heterocycles. The third kappa shape index (κ3) is 4.21. The summed E-state index contributed by atoms with van der Waals surface area (Å²) in [7, 11) is 0. The number of alkyl halides is 3. The number of aromatic nitrogens is 2. The quantitative estimate of drug-likeness (QED) is 0.931. The zero-order chi connectivity index (χ0) is 17.9. The topological polar surface area (TPSA) is 64.0 Å². The Hall–Kier alpha value is -2.64. The first-order valence-corrected chi connectivity index (χ1v) is 7.21. The molecule has 128 valence electrons. The normalized spacial score (nSPS) is 11.6. The van der Waals surface area contributed by atoms with Crippen LogP contribution in [-0.2, 0) is 17.5 Å². The molecule has 0 bridgehead atoms. The first kappa shape index (κ1) is 17.7. The van der Waals surface area contributed by atoms with E-state index in [0.29, 0.717) is 5.69 Å². The maximum atomic E-state index is 12.9. The Kier molecular flexibility index (Phi) is 5.06. The van der Waals surface area contributed by atoms with Gasteiger partial charge in [-0.2, -0.15) is 13.2 Å². The predicted molar refractivity (Wildman–Crippen MR) is 82.7 cm³/mol. The number of nitrogens with one attached hydrogen (secondary N) is 1. The van der Waals surface area contributed by atoms with Crippen LogP contribution in [0.4, 0.5) is 18.9 Å². The van der Waals surface area contributed by atoms with E-state index in [1.807, 2.05) is 13.8 Å². The van der Waals surface area contributed by atoms with Crippen molar-refractivity contribution in [2.45, 2.75) is 32.5 Å². The minimum Gasteiger partial charge on any atom is -0.324 e. The summed E-state index contributed by atoms with van der Waals surface area (Å²) in [5.74, 6) is -0.687. The Morgan fingerprint density at radius 1 is 1.29 bits per heavy atom. The molecule has 2 rings (SSSR count). The van der Waals surface area contributed by atoms with Crippen molar-refractivity contribution in [3.05, 3.63) is 58.3 Å². The molecule has 0 aliphatic carbocycles. The zero-order valence-electron chi connectivity index (χ0n) is 13.1. The van der Waals surface area contributed by atoms with Gasteiger partial charge in [0.2, 0.25) is 5.91 Å². The average Bonchev–Trinajstić information content (AvgIpc) is 2.48. The van der Waals surface area contributed by atoms with Gasteiger partial charge in [0.15, 0.2) is 0 Å². The van der Waals surface area contributed by atoms with Crippen LogP contribution in [-0.4, -0.2) is 15.5 Å². The van der Waals surface area contributed by atoms with E-state index >= 15 is 0 Å². The van der Waals surface area contributed by atoms with E-state index in [9.17, 15) is 22.8 Å². The highest BCUT2D eigenvalue weighted by Crippen LogP contribution is 2.34. The first-order chi connectivity index (χ1) is 11.2. The second kappa shape index (κ2) is 6.86. The van der Waals surface area contributed by atoms with E-state index in [-0.39, 0.29) is 11.6 Å². The van der Waals surface area contributed by atoms with E-state index in [1.54, 1.807) is 0 Å². The van der Waals surface area contributed by atoms with Gasteiger partial charge in [0.1, 0.15) is 6.54 Å². The molecule has 0 atom stereocenters. The number of hydrogen-bond donors (Lipinski definition) is 1. The van der Waals surface area contributed by atoms with Gasteiger partial charge >= 0.3 is 6.18 Å². The number of rotatable bonds is 4. The number of nitrogens with zero attached hydrogens (tertiary/aromatic N) is 2. The smallest absolute Gasteiger partial charge is 0.324 e. The van der Waals surface area contributed by atoms with Crippen LogP contribution < -0.4 is 10.9 Å². The molecule has 1 N–H and O–H groups in total. The van der Waals surface area contributed by atoms with Gasteiger partial charge in [-0.25, -0.2) is 4.98 Å². The summed E-state index contributed by atoms with van der Waals surface area (Å²) in [4.78, 5) is 27.9. The highest BCUT2D eigenvalue weighted by Gasteiger charge is 2.33. The van der Waals surface area contributed by atoms with Gasteiger partial charge in [0, 0.05) is 6.07 Å². The Labute approximate surface area is 136 Å². The lowest BCUT2D eigenvalue weighted by molar-refractivity contribution is -0.137. The minimum atomic E-state index is -4.58. The van der Waals surface area contributed by atoms with Gasteiger partial charge in [-0.1, -0.05) is 26.0 Å². The Bertz CT molecular complexity index is 798. The van der Waals surface area contributed by atoms with Crippen LogP contribution >= 0.6 is 0 Å². The van der Waals surface area contributed by atoms with Gasteiger partial charge < -0.3 is 5.32 Å². The molecule has 0 fully saturated rings. The minimum absolute atomic E-state index is 0.0554. The van der Waals surface area contributed by atoms with Crippen molar-refractivity contribution in [1.29, 1.82) is 0 Å². The zero-order valence-corrected chi connectivity index (χ0v) is 13.1. The fourth-order valence-electron chi connectivity index (χ4n) is 2.06. The second-order valence-corrected chi connectivity index (χ2v) is 5.53. The molecular formula is C16H16F3N3O2. The second-order valence-electron chi connectivity index (χ2n) is 5.53. The standard InChI is InChI=1S/C16H16F3N3O2/c1-10(2)13-7-15(24)22(9-20-13)8-14(23)21-12-6-4-3-5-11(12)16(17,18)19/h3-7,9-10H,8H2,1-2H3,(H,21,23). The number of amides is 1. The number of hydrogen-bond acceptors (Lipinski definition) is 3. The van der Waals surface area contributed by atoms with Crippen molar-refractivity contribution >= 4 is 11.6 Å². The molecule has 8 heteroatoms. The molecule has 2 aromatic rings. The largest absolute Gasteiger partial charge is 0.418 e. The van der Waals surface area contributed by atoms with E-state index in [0.717, 1.165) is 16.7 Å². The highest BCUT2D eigenvalue weighted by molar-refractivity contribution is 5.91. The highest BCUT2D eigenvalue weighted by atomic mass is 19.4. The van der Waals surface area contributed by atoms with Gasteiger partial charge in [-0.3, -0.25) is 14.2 Å². The Balaban J connectivity index is 2.17. The van der Waals surface area contributed by atoms with Gasteiger partial charge in [0.25, 0.3) is 5.56 Å². The van der Waals surface area contributed by atoms with Crippen molar-refractivity contribution in [2.75, 3.05) is 5.32 Å². The molecular weight excluding hydrogens is 323 g/mol. The number of carbonyl (C=O) groups is 1. The average molecular weight is 339 g/mol. The van der Waals surface area contributed by atoms with Crippen LogP contribution in [0.3, 0.4) is 0 Å². The molecule has 0 saturated carbocycles. The summed E-state index contributed by atoms with van der Waals surface area (Å²) in [5.41, 5.74) is -1.15. The molecule has 5 nitrogen and oxygen atoms in total.